The number of nitrogens with one attached hydrogen (secondary N) is 1. The minimum atomic E-state index is 0.424. The van der Waals surface area contributed by atoms with E-state index in [0.717, 1.165) is 36.0 Å². The third kappa shape index (κ3) is 3.23. The van der Waals surface area contributed by atoms with Gasteiger partial charge in [-0.1, -0.05) is 13.0 Å². The molecule has 0 aliphatic carbocycles. The molecule has 2 nitrogen and oxygen atoms in total. The highest BCUT2D eigenvalue weighted by Crippen LogP contribution is 2.32. The van der Waals surface area contributed by atoms with Crippen molar-refractivity contribution in [3.8, 4) is 5.75 Å². The smallest absolute Gasteiger partial charge is 0.132 e. The summed E-state index contributed by atoms with van der Waals surface area (Å²) in [5.41, 5.74) is 2.37. The fraction of sp³-hybridized carbons (Fsp3) is 0.571. The van der Waals surface area contributed by atoms with Crippen molar-refractivity contribution in [3.05, 3.63) is 27.7 Å². The zero-order valence-corrected chi connectivity index (χ0v) is 11.9. The van der Waals surface area contributed by atoms with Gasteiger partial charge < -0.3 is 10.4 Å². The van der Waals surface area contributed by atoms with Gasteiger partial charge in [-0.25, -0.2) is 0 Å². The summed E-state index contributed by atoms with van der Waals surface area (Å²) in [4.78, 5) is 0. The number of benzene rings is 1. The van der Waals surface area contributed by atoms with Crippen molar-refractivity contribution >= 4 is 15.9 Å². The van der Waals surface area contributed by atoms with Crippen molar-refractivity contribution < 1.29 is 5.11 Å². The molecule has 1 fully saturated rings. The summed E-state index contributed by atoms with van der Waals surface area (Å²) in [5, 5.41) is 13.5. The average molecular weight is 298 g/mol. The van der Waals surface area contributed by atoms with Gasteiger partial charge in [-0.05, 0) is 77.8 Å². The van der Waals surface area contributed by atoms with Crippen molar-refractivity contribution in [1.29, 1.82) is 0 Å². The topological polar surface area (TPSA) is 32.3 Å². The monoisotopic (exact) mass is 297 g/mol. The number of halogens is 1. The molecule has 94 valence electrons. The van der Waals surface area contributed by atoms with Gasteiger partial charge in [0.1, 0.15) is 5.75 Å². The quantitative estimate of drug-likeness (QED) is 0.897. The van der Waals surface area contributed by atoms with Gasteiger partial charge in [0.2, 0.25) is 0 Å². The van der Waals surface area contributed by atoms with E-state index in [9.17, 15) is 5.11 Å². The molecular formula is C14H20BrNO. The van der Waals surface area contributed by atoms with Crippen molar-refractivity contribution in [3.63, 3.8) is 0 Å². The first-order valence-electron chi connectivity index (χ1n) is 6.41. The molecule has 1 aliphatic rings. The van der Waals surface area contributed by atoms with E-state index in [0.29, 0.717) is 11.7 Å². The fourth-order valence-electron chi connectivity index (χ4n) is 2.49. The van der Waals surface area contributed by atoms with Crippen molar-refractivity contribution in [1.82, 2.24) is 5.32 Å². The number of aromatic hydroxyl groups is 1. The van der Waals surface area contributed by atoms with Crippen LogP contribution in [-0.2, 0) is 12.8 Å². The third-order valence-electron chi connectivity index (χ3n) is 3.52. The summed E-state index contributed by atoms with van der Waals surface area (Å²) in [5.74, 6) is 1.08. The van der Waals surface area contributed by atoms with Crippen LogP contribution in [-0.4, -0.2) is 18.2 Å². The molecule has 2 rings (SSSR count). The maximum Gasteiger partial charge on any atom is 0.132 e. The Labute approximate surface area is 112 Å². The maximum atomic E-state index is 10.1. The molecule has 1 saturated heterocycles. The standard InChI is InChI=1S/C14H20BrNO/c1-2-10-6-12(14(17)13(15)8-10)7-11-4-3-5-16-9-11/h6,8,11,16-17H,2-5,7,9H2,1H3. The first-order chi connectivity index (χ1) is 8.20. The van der Waals surface area contributed by atoms with Gasteiger partial charge in [0.05, 0.1) is 4.47 Å². The van der Waals surface area contributed by atoms with Crippen LogP contribution >= 0.6 is 15.9 Å². The second-order valence-corrected chi connectivity index (χ2v) is 5.71. The molecule has 1 aromatic rings. The lowest BCUT2D eigenvalue weighted by Gasteiger charge is -2.23. The van der Waals surface area contributed by atoms with Gasteiger partial charge in [0.25, 0.3) is 0 Å². The number of rotatable bonds is 3. The van der Waals surface area contributed by atoms with E-state index in [1.807, 2.05) is 6.07 Å². The molecule has 0 saturated carbocycles. The van der Waals surface area contributed by atoms with Crippen LogP contribution in [0.4, 0.5) is 0 Å². The van der Waals surface area contributed by atoms with E-state index < -0.39 is 0 Å². The van der Waals surface area contributed by atoms with Gasteiger partial charge in [-0.2, -0.15) is 0 Å². The molecule has 1 aliphatic heterocycles. The Morgan fingerprint density at radius 2 is 2.29 bits per heavy atom. The summed E-state index contributed by atoms with van der Waals surface area (Å²) in [6.07, 6.45) is 4.50. The Hall–Kier alpha value is -0.540. The maximum absolute atomic E-state index is 10.1. The largest absolute Gasteiger partial charge is 0.506 e. The van der Waals surface area contributed by atoms with E-state index in [4.69, 9.17) is 0 Å². The Balaban J connectivity index is 2.15. The molecule has 0 amide bonds. The Morgan fingerprint density at radius 3 is 2.94 bits per heavy atom. The molecule has 2 N–H and O–H groups in total. The second kappa shape index (κ2) is 5.87. The molecule has 0 spiro atoms. The summed E-state index contributed by atoms with van der Waals surface area (Å²) in [6, 6.07) is 4.16. The van der Waals surface area contributed by atoms with Crippen molar-refractivity contribution in [2.75, 3.05) is 13.1 Å². The van der Waals surface area contributed by atoms with Crippen molar-refractivity contribution in [2.24, 2.45) is 5.92 Å². The van der Waals surface area contributed by atoms with Gasteiger partial charge in [-0.15, -0.1) is 0 Å². The number of hydrogen-bond donors (Lipinski definition) is 2. The predicted octanol–water partition coefficient (Wildman–Crippen LogP) is 3.26. The van der Waals surface area contributed by atoms with Gasteiger partial charge in [0.15, 0.2) is 0 Å². The zero-order chi connectivity index (χ0) is 12.3. The highest BCUT2D eigenvalue weighted by molar-refractivity contribution is 9.10. The van der Waals surface area contributed by atoms with Crippen LogP contribution in [0.25, 0.3) is 0 Å². The van der Waals surface area contributed by atoms with Crippen LogP contribution in [0.15, 0.2) is 16.6 Å². The molecule has 1 atom stereocenters. The number of phenols is 1. The van der Waals surface area contributed by atoms with Gasteiger partial charge in [-0.3, -0.25) is 0 Å². The third-order valence-corrected chi connectivity index (χ3v) is 4.12. The average Bonchev–Trinajstić information content (AvgIpc) is 2.36. The summed E-state index contributed by atoms with van der Waals surface area (Å²) < 4.78 is 0.829. The van der Waals surface area contributed by atoms with E-state index in [1.165, 1.54) is 18.4 Å². The van der Waals surface area contributed by atoms with Gasteiger partial charge >= 0.3 is 0 Å². The van der Waals surface area contributed by atoms with Crippen LogP contribution in [0, 0.1) is 5.92 Å². The van der Waals surface area contributed by atoms with Crippen LogP contribution < -0.4 is 5.32 Å². The van der Waals surface area contributed by atoms with E-state index in [1.54, 1.807) is 0 Å². The van der Waals surface area contributed by atoms with Crippen molar-refractivity contribution in [2.45, 2.75) is 32.6 Å². The fourth-order valence-corrected chi connectivity index (χ4v) is 3.04. The Bertz CT molecular complexity index is 386. The number of piperidine rings is 1. The molecule has 1 aromatic carbocycles. The summed E-state index contributed by atoms with van der Waals surface area (Å²) >= 11 is 3.44. The van der Waals surface area contributed by atoms with Crippen LogP contribution in [0.3, 0.4) is 0 Å². The lowest BCUT2D eigenvalue weighted by atomic mass is 9.91. The first kappa shape index (κ1) is 12.9. The van der Waals surface area contributed by atoms with E-state index in [2.05, 4.69) is 34.2 Å². The highest BCUT2D eigenvalue weighted by Gasteiger charge is 2.16. The molecule has 1 heterocycles. The Kier molecular flexibility index (Phi) is 4.46. The van der Waals surface area contributed by atoms with Crippen LogP contribution in [0.1, 0.15) is 30.9 Å². The van der Waals surface area contributed by atoms with E-state index in [-0.39, 0.29) is 0 Å². The van der Waals surface area contributed by atoms with E-state index >= 15 is 0 Å². The minimum Gasteiger partial charge on any atom is -0.506 e. The molecule has 3 heteroatoms. The molecule has 1 unspecified atom stereocenters. The molecule has 17 heavy (non-hydrogen) atoms. The molecular weight excluding hydrogens is 278 g/mol. The molecule has 0 radical (unpaired) electrons. The zero-order valence-electron chi connectivity index (χ0n) is 10.3. The minimum absolute atomic E-state index is 0.424. The highest BCUT2D eigenvalue weighted by atomic mass is 79.9. The SMILES string of the molecule is CCc1cc(Br)c(O)c(CC2CCCNC2)c1. The van der Waals surface area contributed by atoms with Crippen LogP contribution in [0.2, 0.25) is 0 Å². The first-order valence-corrected chi connectivity index (χ1v) is 7.21. The number of aryl methyl sites for hydroxylation is 1. The second-order valence-electron chi connectivity index (χ2n) is 4.86. The number of phenolic OH excluding ortho intramolecular Hbond substituents is 1. The Morgan fingerprint density at radius 1 is 1.47 bits per heavy atom. The normalized spacial score (nSPS) is 20.5. The van der Waals surface area contributed by atoms with Crippen LogP contribution in [0.5, 0.6) is 5.75 Å². The lowest BCUT2D eigenvalue weighted by Crippen LogP contribution is -2.30. The molecule has 0 aromatic heterocycles. The predicted molar refractivity (Wildman–Crippen MR) is 74.5 cm³/mol. The summed E-state index contributed by atoms with van der Waals surface area (Å²) in [7, 11) is 0. The number of hydrogen-bond acceptors (Lipinski definition) is 2. The lowest BCUT2D eigenvalue weighted by molar-refractivity contribution is 0.369. The van der Waals surface area contributed by atoms with Gasteiger partial charge in [0, 0.05) is 0 Å². The molecule has 0 bridgehead atoms. The summed E-state index contributed by atoms with van der Waals surface area (Å²) in [6.45, 7) is 4.36.